The van der Waals surface area contributed by atoms with Crippen LogP contribution in [0.4, 0.5) is 20.3 Å². The van der Waals surface area contributed by atoms with Crippen molar-refractivity contribution in [2.24, 2.45) is 0 Å². The van der Waals surface area contributed by atoms with E-state index in [1.165, 1.54) is 12.1 Å². The van der Waals surface area contributed by atoms with Crippen molar-refractivity contribution in [2.75, 3.05) is 36.4 Å². The molecule has 7 nitrogen and oxygen atoms in total. The number of anilines is 2. The molecular weight excluding hydrogens is 332 g/mol. The predicted molar refractivity (Wildman–Crippen MR) is 86.2 cm³/mol. The number of rotatable bonds is 4. The minimum absolute atomic E-state index is 0.0556. The monoisotopic (exact) mass is 347 g/mol. The van der Waals surface area contributed by atoms with Crippen molar-refractivity contribution in [1.82, 2.24) is 15.1 Å². The first-order valence-corrected chi connectivity index (χ1v) is 7.61. The van der Waals surface area contributed by atoms with Gasteiger partial charge in [0.2, 0.25) is 6.41 Å². The van der Waals surface area contributed by atoms with Crippen LogP contribution >= 0.6 is 0 Å². The number of aromatic nitrogens is 2. The van der Waals surface area contributed by atoms with Crippen molar-refractivity contribution in [1.29, 1.82) is 0 Å². The van der Waals surface area contributed by atoms with Crippen molar-refractivity contribution in [3.8, 4) is 0 Å². The van der Waals surface area contributed by atoms with Crippen LogP contribution < -0.4 is 10.2 Å². The Balaban J connectivity index is 1.64. The van der Waals surface area contributed by atoms with Gasteiger partial charge in [-0.05, 0) is 24.3 Å². The average Bonchev–Trinajstić information content (AvgIpc) is 2.65. The Bertz CT molecular complexity index is 777. The summed E-state index contributed by atoms with van der Waals surface area (Å²) in [6.07, 6.45) is 0.814. The van der Waals surface area contributed by atoms with Gasteiger partial charge in [-0.25, -0.2) is 8.78 Å². The lowest BCUT2D eigenvalue weighted by molar-refractivity contribution is -0.118. The Hall–Kier alpha value is -3.10. The van der Waals surface area contributed by atoms with Crippen LogP contribution in [-0.4, -0.2) is 53.6 Å². The molecule has 1 N–H and O–H groups in total. The van der Waals surface area contributed by atoms with Gasteiger partial charge in [0, 0.05) is 37.9 Å². The van der Waals surface area contributed by atoms with Gasteiger partial charge < -0.3 is 15.1 Å². The standard InChI is InChI=1S/C16H15F2N5O2/c17-12-2-1-11(9-13(12)18)19-16(25)14-3-4-15(21-20-14)23-7-5-22(10-24)6-8-23/h1-4,9-10H,5-8H2,(H,19,25). The summed E-state index contributed by atoms with van der Waals surface area (Å²) < 4.78 is 26.0. The smallest absolute Gasteiger partial charge is 0.276 e. The van der Waals surface area contributed by atoms with E-state index in [9.17, 15) is 18.4 Å². The van der Waals surface area contributed by atoms with Crippen LogP contribution in [0.3, 0.4) is 0 Å². The third-order valence-corrected chi connectivity index (χ3v) is 3.85. The fraction of sp³-hybridized carbons (Fsp3) is 0.250. The van der Waals surface area contributed by atoms with E-state index in [-0.39, 0.29) is 11.4 Å². The lowest BCUT2D eigenvalue weighted by atomic mass is 10.2. The fourth-order valence-electron chi connectivity index (χ4n) is 2.44. The first-order valence-electron chi connectivity index (χ1n) is 7.61. The molecule has 0 atom stereocenters. The molecule has 1 aromatic heterocycles. The van der Waals surface area contributed by atoms with Crippen molar-refractivity contribution in [2.45, 2.75) is 0 Å². The van der Waals surface area contributed by atoms with E-state index in [1.54, 1.807) is 11.0 Å². The topological polar surface area (TPSA) is 78.4 Å². The summed E-state index contributed by atoms with van der Waals surface area (Å²) >= 11 is 0. The zero-order chi connectivity index (χ0) is 17.8. The zero-order valence-corrected chi connectivity index (χ0v) is 13.2. The van der Waals surface area contributed by atoms with Crippen LogP contribution in [0, 0.1) is 11.6 Å². The lowest BCUT2D eigenvalue weighted by Gasteiger charge is -2.32. The summed E-state index contributed by atoms with van der Waals surface area (Å²) in [5.41, 5.74) is 0.180. The molecule has 130 valence electrons. The summed E-state index contributed by atoms with van der Waals surface area (Å²) in [5, 5.41) is 10.3. The number of benzene rings is 1. The molecule has 2 amide bonds. The number of nitrogens with zero attached hydrogens (tertiary/aromatic N) is 4. The van der Waals surface area contributed by atoms with Crippen molar-refractivity contribution in [3.63, 3.8) is 0 Å². The maximum atomic E-state index is 13.2. The Labute approximate surface area is 142 Å². The van der Waals surface area contributed by atoms with Gasteiger partial charge in [0.05, 0.1) is 0 Å². The van der Waals surface area contributed by atoms with E-state index in [2.05, 4.69) is 15.5 Å². The number of carbonyl (C=O) groups is 2. The highest BCUT2D eigenvalue weighted by atomic mass is 19.2. The molecule has 25 heavy (non-hydrogen) atoms. The summed E-state index contributed by atoms with van der Waals surface area (Å²) in [6.45, 7) is 2.47. The molecule has 9 heteroatoms. The Morgan fingerprint density at radius 3 is 2.40 bits per heavy atom. The minimum atomic E-state index is -1.05. The first-order chi connectivity index (χ1) is 12.1. The van der Waals surface area contributed by atoms with Gasteiger partial charge in [-0.15, -0.1) is 10.2 Å². The Morgan fingerprint density at radius 2 is 1.80 bits per heavy atom. The highest BCUT2D eigenvalue weighted by Crippen LogP contribution is 2.15. The lowest BCUT2D eigenvalue weighted by Crippen LogP contribution is -2.46. The third kappa shape index (κ3) is 3.87. The molecule has 3 rings (SSSR count). The molecule has 2 aromatic rings. The molecule has 0 unspecified atom stereocenters. The molecule has 1 aromatic carbocycles. The van der Waals surface area contributed by atoms with Crippen LogP contribution in [0.15, 0.2) is 30.3 Å². The predicted octanol–water partition coefficient (Wildman–Crippen LogP) is 1.29. The maximum Gasteiger partial charge on any atom is 0.276 e. The minimum Gasteiger partial charge on any atom is -0.352 e. The Kier molecular flexibility index (Phi) is 4.82. The summed E-state index contributed by atoms with van der Waals surface area (Å²) in [7, 11) is 0. The molecule has 1 aliphatic heterocycles. The first kappa shape index (κ1) is 16.7. The second-order valence-corrected chi connectivity index (χ2v) is 5.49. The molecule has 2 heterocycles. The van der Waals surface area contributed by atoms with Crippen LogP contribution in [0.2, 0.25) is 0 Å². The van der Waals surface area contributed by atoms with Crippen LogP contribution in [0.1, 0.15) is 10.5 Å². The SMILES string of the molecule is O=CN1CCN(c2ccc(C(=O)Nc3ccc(F)c(F)c3)nn2)CC1. The quantitative estimate of drug-likeness (QED) is 0.843. The maximum absolute atomic E-state index is 13.2. The number of piperazine rings is 1. The number of carbonyl (C=O) groups excluding carboxylic acids is 2. The van der Waals surface area contributed by atoms with E-state index >= 15 is 0 Å². The largest absolute Gasteiger partial charge is 0.352 e. The summed E-state index contributed by atoms with van der Waals surface area (Å²) in [5.74, 6) is -2.00. The van der Waals surface area contributed by atoms with Gasteiger partial charge in [0.1, 0.15) is 0 Å². The van der Waals surface area contributed by atoms with E-state index in [0.717, 1.165) is 18.5 Å². The molecule has 0 saturated carbocycles. The molecule has 1 fully saturated rings. The van der Waals surface area contributed by atoms with E-state index < -0.39 is 17.5 Å². The molecular formula is C16H15F2N5O2. The van der Waals surface area contributed by atoms with Gasteiger partial charge in [-0.1, -0.05) is 0 Å². The van der Waals surface area contributed by atoms with Gasteiger partial charge in [-0.2, -0.15) is 0 Å². The van der Waals surface area contributed by atoms with Crippen LogP contribution in [0.25, 0.3) is 0 Å². The van der Waals surface area contributed by atoms with Crippen molar-refractivity contribution in [3.05, 3.63) is 47.7 Å². The second kappa shape index (κ2) is 7.20. The number of halogens is 2. The normalized spacial score (nSPS) is 14.3. The summed E-state index contributed by atoms with van der Waals surface area (Å²) in [4.78, 5) is 26.4. The highest BCUT2D eigenvalue weighted by molar-refractivity contribution is 6.02. The molecule has 1 aliphatic rings. The average molecular weight is 347 g/mol. The Morgan fingerprint density at radius 1 is 1.04 bits per heavy atom. The number of amides is 2. The van der Waals surface area contributed by atoms with Gasteiger partial charge >= 0.3 is 0 Å². The molecule has 0 bridgehead atoms. The molecule has 0 spiro atoms. The number of hydrogen-bond donors (Lipinski definition) is 1. The second-order valence-electron chi connectivity index (χ2n) is 5.49. The van der Waals surface area contributed by atoms with Gasteiger partial charge in [-0.3, -0.25) is 9.59 Å². The number of nitrogens with one attached hydrogen (secondary N) is 1. The fourth-order valence-corrected chi connectivity index (χ4v) is 2.44. The van der Waals surface area contributed by atoms with Crippen molar-refractivity contribution >= 4 is 23.8 Å². The molecule has 1 saturated heterocycles. The summed E-state index contributed by atoms with van der Waals surface area (Å²) in [6, 6.07) is 6.23. The van der Waals surface area contributed by atoms with E-state index in [0.29, 0.717) is 32.0 Å². The van der Waals surface area contributed by atoms with Crippen LogP contribution in [0.5, 0.6) is 0 Å². The third-order valence-electron chi connectivity index (χ3n) is 3.85. The number of hydrogen-bond acceptors (Lipinski definition) is 5. The molecule has 0 radical (unpaired) electrons. The van der Waals surface area contributed by atoms with Crippen molar-refractivity contribution < 1.29 is 18.4 Å². The van der Waals surface area contributed by atoms with E-state index in [1.807, 2.05) is 4.90 Å². The van der Waals surface area contributed by atoms with Gasteiger partial charge in [0.15, 0.2) is 23.1 Å². The molecule has 0 aliphatic carbocycles. The highest BCUT2D eigenvalue weighted by Gasteiger charge is 2.18. The zero-order valence-electron chi connectivity index (χ0n) is 13.2. The van der Waals surface area contributed by atoms with E-state index in [4.69, 9.17) is 0 Å². The van der Waals surface area contributed by atoms with Crippen LogP contribution in [-0.2, 0) is 4.79 Å². The van der Waals surface area contributed by atoms with Gasteiger partial charge in [0.25, 0.3) is 5.91 Å².